The molecule has 1 aliphatic heterocycles. The summed E-state index contributed by atoms with van der Waals surface area (Å²) in [6, 6.07) is 12.3. The number of para-hydroxylation sites is 2. The summed E-state index contributed by atoms with van der Waals surface area (Å²) < 4.78 is 0. The van der Waals surface area contributed by atoms with E-state index in [-0.39, 0.29) is 18.4 Å². The molecule has 0 aliphatic carbocycles. The average Bonchev–Trinajstić information content (AvgIpc) is 2.63. The summed E-state index contributed by atoms with van der Waals surface area (Å²) in [5.41, 5.74) is 2.20. The summed E-state index contributed by atoms with van der Waals surface area (Å²) in [4.78, 5) is 28.4. The third-order valence-electron chi connectivity index (χ3n) is 4.51. The molecule has 2 aromatic carbocycles. The quantitative estimate of drug-likeness (QED) is 0.861. The summed E-state index contributed by atoms with van der Waals surface area (Å²) in [6.07, 6.45) is 0. The Hall–Kier alpha value is -2.08. The van der Waals surface area contributed by atoms with Gasteiger partial charge in [0.1, 0.15) is 6.54 Å². The molecule has 0 spiro atoms. The maximum atomic E-state index is 13.0. The Kier molecular flexibility index (Phi) is 5.51. The Morgan fingerprint density at radius 1 is 1.23 bits per heavy atom. The van der Waals surface area contributed by atoms with Crippen molar-refractivity contribution in [2.45, 2.75) is 19.5 Å². The normalized spacial score (nSPS) is 14.8. The smallest absolute Gasteiger partial charge is 0.244 e. The number of carbonyl (C=O) groups is 2. The van der Waals surface area contributed by atoms with Crippen molar-refractivity contribution in [3.05, 3.63) is 58.1 Å². The SMILES string of the molecule is C[C@H](C(=O)N1CC(=O)Nc2ccccc21)N(C)Cc1cccc(Cl)c1Cl. The first kappa shape index (κ1) is 18.7. The van der Waals surface area contributed by atoms with Gasteiger partial charge >= 0.3 is 0 Å². The lowest BCUT2D eigenvalue weighted by Crippen LogP contribution is -2.50. The highest BCUT2D eigenvalue weighted by atomic mass is 35.5. The van der Waals surface area contributed by atoms with Gasteiger partial charge in [0.05, 0.1) is 27.5 Å². The molecule has 2 amide bonds. The predicted octanol–water partition coefficient (Wildman–Crippen LogP) is 3.80. The lowest BCUT2D eigenvalue weighted by molar-refractivity contribution is -0.125. The molecule has 0 unspecified atom stereocenters. The number of nitrogens with zero attached hydrogens (tertiary/aromatic N) is 2. The van der Waals surface area contributed by atoms with Crippen LogP contribution in [0.3, 0.4) is 0 Å². The zero-order chi connectivity index (χ0) is 18.8. The number of rotatable bonds is 4. The molecular formula is C19H19Cl2N3O2. The van der Waals surface area contributed by atoms with Gasteiger partial charge in [0, 0.05) is 6.54 Å². The van der Waals surface area contributed by atoms with E-state index in [4.69, 9.17) is 23.2 Å². The van der Waals surface area contributed by atoms with Crippen molar-refractivity contribution in [1.82, 2.24) is 4.90 Å². The van der Waals surface area contributed by atoms with E-state index in [0.29, 0.717) is 28.0 Å². The fraction of sp³-hybridized carbons (Fsp3) is 0.263. The third-order valence-corrected chi connectivity index (χ3v) is 5.36. The highest BCUT2D eigenvalue weighted by Crippen LogP contribution is 2.30. The highest BCUT2D eigenvalue weighted by molar-refractivity contribution is 6.42. The van der Waals surface area contributed by atoms with Gasteiger partial charge in [-0.2, -0.15) is 0 Å². The monoisotopic (exact) mass is 391 g/mol. The summed E-state index contributed by atoms with van der Waals surface area (Å²) >= 11 is 12.3. The van der Waals surface area contributed by atoms with Crippen LogP contribution in [0.5, 0.6) is 0 Å². The van der Waals surface area contributed by atoms with Gasteiger partial charge in [-0.25, -0.2) is 0 Å². The van der Waals surface area contributed by atoms with Gasteiger partial charge in [-0.15, -0.1) is 0 Å². The second-order valence-electron chi connectivity index (χ2n) is 6.29. The van der Waals surface area contributed by atoms with Crippen molar-refractivity contribution >= 4 is 46.4 Å². The van der Waals surface area contributed by atoms with E-state index in [9.17, 15) is 9.59 Å². The Labute approximate surface area is 162 Å². The lowest BCUT2D eigenvalue weighted by atomic mass is 10.1. The number of likely N-dealkylation sites (N-methyl/N-ethyl adjacent to an activating group) is 1. The van der Waals surface area contributed by atoms with Crippen LogP contribution in [0.1, 0.15) is 12.5 Å². The number of halogens is 2. The number of fused-ring (bicyclic) bond motifs is 1. The molecule has 0 bridgehead atoms. The Morgan fingerprint density at radius 3 is 2.73 bits per heavy atom. The third kappa shape index (κ3) is 3.70. The summed E-state index contributed by atoms with van der Waals surface area (Å²) in [5, 5.41) is 3.76. The molecule has 3 rings (SSSR count). The molecule has 26 heavy (non-hydrogen) atoms. The zero-order valence-corrected chi connectivity index (χ0v) is 16.0. The minimum Gasteiger partial charge on any atom is -0.323 e. The second-order valence-corrected chi connectivity index (χ2v) is 7.08. The lowest BCUT2D eigenvalue weighted by Gasteiger charge is -2.33. The minimum atomic E-state index is -0.441. The van der Waals surface area contributed by atoms with Crippen molar-refractivity contribution < 1.29 is 9.59 Å². The summed E-state index contributed by atoms with van der Waals surface area (Å²) in [5.74, 6) is -0.349. The van der Waals surface area contributed by atoms with E-state index in [0.717, 1.165) is 5.56 Å². The topological polar surface area (TPSA) is 52.7 Å². The van der Waals surface area contributed by atoms with Crippen molar-refractivity contribution in [1.29, 1.82) is 0 Å². The maximum absolute atomic E-state index is 13.0. The summed E-state index contributed by atoms with van der Waals surface area (Å²) in [6.45, 7) is 2.29. The van der Waals surface area contributed by atoms with Gasteiger partial charge in [0.25, 0.3) is 0 Å². The standard InChI is InChI=1S/C19H19Cl2N3O2/c1-12(23(2)10-13-6-5-7-14(20)18(13)21)19(26)24-11-17(25)22-15-8-3-4-9-16(15)24/h3-9,12H,10-11H2,1-2H3,(H,22,25)/t12-/m1/s1. The molecule has 0 saturated carbocycles. The molecule has 1 aliphatic rings. The van der Waals surface area contributed by atoms with Crippen molar-refractivity contribution in [3.8, 4) is 0 Å². The molecule has 1 N–H and O–H groups in total. The first-order valence-electron chi connectivity index (χ1n) is 8.22. The number of carbonyl (C=O) groups excluding carboxylic acids is 2. The van der Waals surface area contributed by atoms with Crippen molar-refractivity contribution in [2.75, 3.05) is 23.8 Å². The number of anilines is 2. The van der Waals surface area contributed by atoms with Crippen LogP contribution in [0.25, 0.3) is 0 Å². The number of amides is 2. The van der Waals surface area contributed by atoms with Crippen LogP contribution < -0.4 is 10.2 Å². The van der Waals surface area contributed by atoms with Gasteiger partial charge in [-0.05, 0) is 37.7 Å². The molecule has 7 heteroatoms. The minimum absolute atomic E-state index is 0.00590. The average molecular weight is 392 g/mol. The largest absolute Gasteiger partial charge is 0.323 e. The van der Waals surface area contributed by atoms with Gasteiger partial charge in [-0.3, -0.25) is 19.4 Å². The number of nitrogens with one attached hydrogen (secondary N) is 1. The molecular weight excluding hydrogens is 373 g/mol. The van der Waals surface area contributed by atoms with Gasteiger partial charge in [0.2, 0.25) is 11.8 Å². The Morgan fingerprint density at radius 2 is 1.96 bits per heavy atom. The first-order chi connectivity index (χ1) is 12.4. The van der Waals surface area contributed by atoms with E-state index >= 15 is 0 Å². The molecule has 0 saturated heterocycles. The van der Waals surface area contributed by atoms with Crippen LogP contribution in [0.4, 0.5) is 11.4 Å². The highest BCUT2D eigenvalue weighted by Gasteiger charge is 2.31. The van der Waals surface area contributed by atoms with Crippen molar-refractivity contribution in [3.63, 3.8) is 0 Å². The van der Waals surface area contributed by atoms with Crippen molar-refractivity contribution in [2.24, 2.45) is 0 Å². The fourth-order valence-corrected chi connectivity index (χ4v) is 3.30. The van der Waals surface area contributed by atoms with E-state index in [1.165, 1.54) is 4.90 Å². The second kappa shape index (κ2) is 7.66. The Bertz CT molecular complexity index is 856. The van der Waals surface area contributed by atoms with Gasteiger partial charge in [-0.1, -0.05) is 47.5 Å². The van der Waals surface area contributed by atoms with E-state index in [1.807, 2.05) is 49.2 Å². The van der Waals surface area contributed by atoms with Gasteiger partial charge < -0.3 is 5.32 Å². The van der Waals surface area contributed by atoms with Crippen LogP contribution >= 0.6 is 23.2 Å². The van der Waals surface area contributed by atoms with E-state index < -0.39 is 6.04 Å². The van der Waals surface area contributed by atoms with E-state index in [1.54, 1.807) is 12.1 Å². The Balaban J connectivity index is 1.79. The molecule has 1 atom stereocenters. The van der Waals surface area contributed by atoms with Crippen LogP contribution in [-0.4, -0.2) is 36.3 Å². The maximum Gasteiger partial charge on any atom is 0.244 e. The summed E-state index contributed by atoms with van der Waals surface area (Å²) in [7, 11) is 1.84. The number of hydrogen-bond donors (Lipinski definition) is 1. The molecule has 0 radical (unpaired) electrons. The fourth-order valence-electron chi connectivity index (χ4n) is 2.92. The van der Waals surface area contributed by atoms with Crippen LogP contribution in [0.15, 0.2) is 42.5 Å². The molecule has 136 valence electrons. The first-order valence-corrected chi connectivity index (χ1v) is 8.97. The number of hydrogen-bond acceptors (Lipinski definition) is 3. The van der Waals surface area contributed by atoms with Crippen LogP contribution in [0, 0.1) is 0 Å². The zero-order valence-electron chi connectivity index (χ0n) is 14.5. The molecule has 2 aromatic rings. The number of benzene rings is 2. The molecule has 0 aromatic heterocycles. The van der Waals surface area contributed by atoms with E-state index in [2.05, 4.69) is 5.32 Å². The molecule has 5 nitrogen and oxygen atoms in total. The van der Waals surface area contributed by atoms with Crippen LogP contribution in [0.2, 0.25) is 10.0 Å². The van der Waals surface area contributed by atoms with Crippen LogP contribution in [-0.2, 0) is 16.1 Å². The van der Waals surface area contributed by atoms with Gasteiger partial charge in [0.15, 0.2) is 0 Å². The predicted molar refractivity (Wildman–Crippen MR) is 105 cm³/mol. The molecule has 1 heterocycles. The molecule has 0 fully saturated rings.